The maximum Gasteiger partial charge on any atom is 0.300 e. The third-order valence-corrected chi connectivity index (χ3v) is 6.30. The normalized spacial score (nSPS) is 17.8. The summed E-state index contributed by atoms with van der Waals surface area (Å²) in [5, 5.41) is 12.2. The summed E-state index contributed by atoms with van der Waals surface area (Å²) in [5.74, 6) is -2.00. The Bertz CT molecular complexity index is 1280. The number of anilines is 1. The molecule has 0 bridgehead atoms. The molecule has 3 aromatic carbocycles. The largest absolute Gasteiger partial charge is 0.507 e. The molecular formula is C24H15Cl4NO3. The van der Waals surface area contributed by atoms with Gasteiger partial charge in [-0.05, 0) is 48.9 Å². The number of aryl methyl sites for hydroxylation is 1. The average molecular weight is 507 g/mol. The first kappa shape index (κ1) is 22.7. The zero-order valence-corrected chi connectivity index (χ0v) is 19.6. The van der Waals surface area contributed by atoms with Crippen LogP contribution >= 0.6 is 46.4 Å². The molecule has 4 nitrogen and oxygen atoms in total. The number of hydrogen-bond acceptors (Lipinski definition) is 3. The molecule has 0 radical (unpaired) electrons. The Hall–Kier alpha value is -2.50. The Morgan fingerprint density at radius 1 is 0.875 bits per heavy atom. The highest BCUT2D eigenvalue weighted by Crippen LogP contribution is 2.43. The molecular weight excluding hydrogens is 492 g/mol. The fourth-order valence-corrected chi connectivity index (χ4v) is 4.54. The number of halogens is 4. The van der Waals surface area contributed by atoms with Crippen molar-refractivity contribution in [2.24, 2.45) is 0 Å². The average Bonchev–Trinajstić information content (AvgIpc) is 3.00. The Labute approximate surface area is 204 Å². The van der Waals surface area contributed by atoms with Crippen LogP contribution in [0.15, 0.2) is 66.2 Å². The van der Waals surface area contributed by atoms with Crippen molar-refractivity contribution in [3.8, 4) is 0 Å². The fourth-order valence-electron chi connectivity index (χ4n) is 3.73. The van der Waals surface area contributed by atoms with Crippen LogP contribution in [0.1, 0.15) is 22.7 Å². The molecule has 1 heterocycles. The minimum Gasteiger partial charge on any atom is -0.507 e. The van der Waals surface area contributed by atoms with Crippen molar-refractivity contribution in [2.45, 2.75) is 13.0 Å². The number of benzene rings is 3. The molecule has 32 heavy (non-hydrogen) atoms. The molecule has 1 aliphatic rings. The minimum absolute atomic E-state index is 0.0740. The highest BCUT2D eigenvalue weighted by molar-refractivity contribution is 6.52. The molecule has 1 atom stereocenters. The van der Waals surface area contributed by atoms with E-state index < -0.39 is 17.7 Å². The summed E-state index contributed by atoms with van der Waals surface area (Å²) in [6, 6.07) is 15.5. The zero-order chi connectivity index (χ0) is 23.2. The maximum absolute atomic E-state index is 13.2. The summed E-state index contributed by atoms with van der Waals surface area (Å²) in [5.41, 5.74) is 2.09. The van der Waals surface area contributed by atoms with Gasteiger partial charge in [-0.15, -0.1) is 0 Å². The lowest BCUT2D eigenvalue weighted by atomic mass is 9.94. The lowest BCUT2D eigenvalue weighted by Crippen LogP contribution is -2.29. The predicted octanol–water partition coefficient (Wildman–Crippen LogP) is 7.23. The summed E-state index contributed by atoms with van der Waals surface area (Å²) in [7, 11) is 0. The van der Waals surface area contributed by atoms with E-state index in [1.165, 1.54) is 29.2 Å². The number of Topliss-reactive ketones (excluding diaryl/α,β-unsaturated/α-hetero) is 1. The zero-order valence-electron chi connectivity index (χ0n) is 16.6. The molecule has 0 spiro atoms. The molecule has 8 heteroatoms. The Kier molecular flexibility index (Phi) is 6.24. The van der Waals surface area contributed by atoms with E-state index in [-0.39, 0.29) is 21.9 Å². The first-order chi connectivity index (χ1) is 15.2. The van der Waals surface area contributed by atoms with Crippen LogP contribution in [-0.2, 0) is 9.59 Å². The molecule has 3 aromatic rings. The molecule has 4 rings (SSSR count). The van der Waals surface area contributed by atoms with E-state index in [9.17, 15) is 14.7 Å². The van der Waals surface area contributed by atoms with Gasteiger partial charge in [0.15, 0.2) is 0 Å². The second-order valence-corrected chi connectivity index (χ2v) is 9.03. The highest BCUT2D eigenvalue weighted by Gasteiger charge is 2.47. The van der Waals surface area contributed by atoms with Crippen LogP contribution in [0.5, 0.6) is 0 Å². The lowest BCUT2D eigenvalue weighted by Gasteiger charge is -2.26. The van der Waals surface area contributed by atoms with Crippen molar-refractivity contribution in [1.29, 1.82) is 0 Å². The molecule has 0 aliphatic carbocycles. The molecule has 1 fully saturated rings. The van der Waals surface area contributed by atoms with Gasteiger partial charge in [0, 0.05) is 21.3 Å². The number of nitrogens with zero attached hydrogens (tertiary/aromatic N) is 1. The quantitative estimate of drug-likeness (QED) is 0.231. The van der Waals surface area contributed by atoms with E-state index in [0.29, 0.717) is 26.3 Å². The molecule has 1 N–H and O–H groups in total. The molecule has 1 saturated heterocycles. The van der Waals surface area contributed by atoms with Crippen LogP contribution in [0.25, 0.3) is 5.76 Å². The van der Waals surface area contributed by atoms with Gasteiger partial charge < -0.3 is 5.11 Å². The highest BCUT2D eigenvalue weighted by atomic mass is 35.5. The van der Waals surface area contributed by atoms with E-state index >= 15 is 0 Å². The van der Waals surface area contributed by atoms with Gasteiger partial charge in [-0.25, -0.2) is 0 Å². The van der Waals surface area contributed by atoms with E-state index in [1.807, 2.05) is 25.1 Å². The Morgan fingerprint density at radius 3 is 2.19 bits per heavy atom. The first-order valence-corrected chi connectivity index (χ1v) is 11.0. The third kappa shape index (κ3) is 4.12. The van der Waals surface area contributed by atoms with Gasteiger partial charge >= 0.3 is 0 Å². The second-order valence-electron chi connectivity index (χ2n) is 7.34. The molecule has 162 valence electrons. The molecule has 0 aromatic heterocycles. The van der Waals surface area contributed by atoms with Crippen LogP contribution in [0.2, 0.25) is 20.1 Å². The van der Waals surface area contributed by atoms with Gasteiger partial charge in [-0.3, -0.25) is 14.5 Å². The van der Waals surface area contributed by atoms with Crippen molar-refractivity contribution >= 4 is 69.5 Å². The van der Waals surface area contributed by atoms with Crippen LogP contribution in [0, 0.1) is 6.92 Å². The Morgan fingerprint density at radius 2 is 1.56 bits per heavy atom. The van der Waals surface area contributed by atoms with Gasteiger partial charge in [-0.2, -0.15) is 0 Å². The topological polar surface area (TPSA) is 57.6 Å². The first-order valence-electron chi connectivity index (χ1n) is 9.46. The van der Waals surface area contributed by atoms with E-state index in [0.717, 1.165) is 5.56 Å². The number of aliphatic hydroxyl groups is 1. The molecule has 1 aliphatic heterocycles. The second kappa shape index (κ2) is 8.80. The van der Waals surface area contributed by atoms with E-state index in [4.69, 9.17) is 46.4 Å². The van der Waals surface area contributed by atoms with Gasteiger partial charge in [0.25, 0.3) is 11.7 Å². The SMILES string of the molecule is Cc1cccc(C2/C(=C(\O)c3ccc(Cl)c(Cl)c3)C(=O)C(=O)N2c2cc(Cl)cc(Cl)c2)c1. The maximum atomic E-state index is 13.2. The van der Waals surface area contributed by atoms with E-state index in [1.54, 1.807) is 18.2 Å². The van der Waals surface area contributed by atoms with Crippen LogP contribution in [0.4, 0.5) is 5.69 Å². The third-order valence-electron chi connectivity index (χ3n) is 5.12. The summed E-state index contributed by atoms with van der Waals surface area (Å²) in [6.45, 7) is 1.89. The van der Waals surface area contributed by atoms with Gasteiger partial charge in [0.05, 0.1) is 21.7 Å². The van der Waals surface area contributed by atoms with Gasteiger partial charge in [0.1, 0.15) is 5.76 Å². The molecule has 0 saturated carbocycles. The number of ketones is 1. The molecule has 1 unspecified atom stereocenters. The fraction of sp³-hybridized carbons (Fsp3) is 0.0833. The Balaban J connectivity index is 1.99. The van der Waals surface area contributed by atoms with Crippen molar-refractivity contribution in [1.82, 2.24) is 0 Å². The number of carbonyl (C=O) groups is 2. The number of aliphatic hydroxyl groups excluding tert-OH is 1. The molecule has 1 amide bonds. The van der Waals surface area contributed by atoms with Crippen molar-refractivity contribution < 1.29 is 14.7 Å². The summed E-state index contributed by atoms with van der Waals surface area (Å²) in [6.07, 6.45) is 0. The van der Waals surface area contributed by atoms with Gasteiger partial charge in [0.2, 0.25) is 0 Å². The standard InChI is InChI=1S/C24H15Cl4NO3/c1-12-3-2-4-13(7-12)21-20(22(30)14-5-6-18(27)19(28)8-14)23(31)24(32)29(21)17-10-15(25)9-16(26)11-17/h2-11,21,30H,1H3/b22-20+. The van der Waals surface area contributed by atoms with E-state index in [2.05, 4.69) is 0 Å². The van der Waals surface area contributed by atoms with Crippen LogP contribution in [-0.4, -0.2) is 16.8 Å². The monoisotopic (exact) mass is 505 g/mol. The van der Waals surface area contributed by atoms with Crippen LogP contribution < -0.4 is 4.90 Å². The summed E-state index contributed by atoms with van der Waals surface area (Å²) in [4.78, 5) is 27.6. The summed E-state index contributed by atoms with van der Waals surface area (Å²) < 4.78 is 0. The number of carbonyl (C=O) groups excluding carboxylic acids is 2. The van der Waals surface area contributed by atoms with Crippen LogP contribution in [0.3, 0.4) is 0 Å². The van der Waals surface area contributed by atoms with Crippen molar-refractivity contribution in [3.63, 3.8) is 0 Å². The smallest absolute Gasteiger partial charge is 0.300 e. The lowest BCUT2D eigenvalue weighted by molar-refractivity contribution is -0.132. The van der Waals surface area contributed by atoms with Gasteiger partial charge in [-0.1, -0.05) is 76.2 Å². The number of rotatable bonds is 3. The van der Waals surface area contributed by atoms with Crippen molar-refractivity contribution in [2.75, 3.05) is 4.90 Å². The summed E-state index contributed by atoms with van der Waals surface area (Å²) >= 11 is 24.4. The number of hydrogen-bond donors (Lipinski definition) is 1. The predicted molar refractivity (Wildman–Crippen MR) is 129 cm³/mol. The van der Waals surface area contributed by atoms with Crippen molar-refractivity contribution in [3.05, 3.63) is 103 Å². The number of amides is 1. The minimum atomic E-state index is -0.904.